The van der Waals surface area contributed by atoms with E-state index in [2.05, 4.69) is 9.50 Å². The van der Waals surface area contributed by atoms with Crippen molar-refractivity contribution in [3.05, 3.63) is 69.8 Å². The topological polar surface area (TPSA) is 151 Å². The lowest BCUT2D eigenvalue weighted by atomic mass is 10.0. The molecule has 0 aliphatic rings. The number of nitro benzene ring substituents is 1. The van der Waals surface area contributed by atoms with Crippen LogP contribution in [-0.2, 0) is 37.4 Å². The number of nitrogens with zero attached hydrogens (tertiary/aromatic N) is 1. The van der Waals surface area contributed by atoms with Crippen molar-refractivity contribution in [1.29, 1.82) is 0 Å². The number of alkyl carbamates (subject to hydrolysis) is 1. The molecule has 1 atom stereocenters. The number of rotatable bonds is 9. The first-order valence-electron chi connectivity index (χ1n) is 10.5. The Hall–Kier alpha value is -3.88. The number of carbonyl (C=O) groups excluding carboxylic acids is 2. The molecule has 0 aromatic heterocycles. The van der Waals surface area contributed by atoms with Crippen LogP contribution in [0.25, 0.3) is 0 Å². The van der Waals surface area contributed by atoms with Gasteiger partial charge in [0.1, 0.15) is 24.0 Å². The van der Waals surface area contributed by atoms with E-state index < -0.39 is 67.7 Å². The normalized spacial score (nSPS) is 12.8. The fourth-order valence-electron chi connectivity index (χ4n) is 2.82. The smallest absolute Gasteiger partial charge is 0.459 e. The maximum Gasteiger partial charge on any atom is 0.534 e. The van der Waals surface area contributed by atoms with Crippen LogP contribution in [0, 0.1) is 10.1 Å². The van der Waals surface area contributed by atoms with Crippen molar-refractivity contribution in [3.63, 3.8) is 0 Å². The molecule has 15 heteroatoms. The highest BCUT2D eigenvalue weighted by molar-refractivity contribution is 7.88. The van der Waals surface area contributed by atoms with Gasteiger partial charge in [-0.1, -0.05) is 30.3 Å². The van der Waals surface area contributed by atoms with Gasteiger partial charge in [0.15, 0.2) is 0 Å². The number of halogens is 3. The minimum absolute atomic E-state index is 0.221. The Labute approximate surface area is 209 Å². The van der Waals surface area contributed by atoms with Crippen molar-refractivity contribution in [3.8, 4) is 5.75 Å². The third-order valence-electron chi connectivity index (χ3n) is 4.36. The summed E-state index contributed by atoms with van der Waals surface area (Å²) in [5, 5.41) is 13.7. The number of hydrogen-bond acceptors (Lipinski definition) is 9. The Morgan fingerprint density at radius 2 is 1.70 bits per heavy atom. The van der Waals surface area contributed by atoms with E-state index in [4.69, 9.17) is 9.47 Å². The van der Waals surface area contributed by atoms with Crippen molar-refractivity contribution >= 4 is 27.9 Å². The second-order valence-corrected chi connectivity index (χ2v) is 10.1. The lowest BCUT2D eigenvalue weighted by molar-refractivity contribution is -0.385. The summed E-state index contributed by atoms with van der Waals surface area (Å²) < 4.78 is 75.1. The molecule has 0 bridgehead atoms. The largest absolute Gasteiger partial charge is 0.534 e. The highest BCUT2D eigenvalue weighted by Crippen LogP contribution is 2.30. The lowest BCUT2D eigenvalue weighted by Gasteiger charge is -2.23. The van der Waals surface area contributed by atoms with Crippen LogP contribution in [0.5, 0.6) is 5.75 Å². The number of carbonyl (C=O) groups is 2. The van der Waals surface area contributed by atoms with Crippen molar-refractivity contribution in [2.75, 3.05) is 0 Å². The van der Waals surface area contributed by atoms with Gasteiger partial charge in [0, 0.05) is 18.1 Å². The highest BCUT2D eigenvalue weighted by Gasteiger charge is 2.48. The van der Waals surface area contributed by atoms with Gasteiger partial charge in [0.05, 0.1) is 4.92 Å². The molecule has 0 heterocycles. The van der Waals surface area contributed by atoms with Crippen molar-refractivity contribution in [1.82, 2.24) is 5.32 Å². The van der Waals surface area contributed by atoms with E-state index in [9.17, 15) is 41.3 Å². The number of ether oxygens (including phenoxy) is 2. The summed E-state index contributed by atoms with van der Waals surface area (Å²) in [6.45, 7) is 4.41. The number of nitrogens with one attached hydrogen (secondary N) is 1. The fraction of sp³-hybridized carbons (Fsp3) is 0.364. The third kappa shape index (κ3) is 8.93. The monoisotopic (exact) mass is 548 g/mol. The van der Waals surface area contributed by atoms with E-state index in [0.29, 0.717) is 23.8 Å². The average molecular weight is 548 g/mol. The molecule has 2 rings (SSSR count). The molecule has 1 N–H and O–H groups in total. The molecule has 0 aliphatic carbocycles. The van der Waals surface area contributed by atoms with Crippen molar-refractivity contribution in [2.45, 2.75) is 51.0 Å². The number of esters is 1. The quantitative estimate of drug-likeness (QED) is 0.161. The van der Waals surface area contributed by atoms with Crippen LogP contribution in [0.15, 0.2) is 48.5 Å². The first kappa shape index (κ1) is 29.4. The Bertz CT molecular complexity index is 1240. The zero-order valence-electron chi connectivity index (χ0n) is 19.8. The van der Waals surface area contributed by atoms with Crippen LogP contribution in [-0.4, -0.2) is 42.6 Å². The summed E-state index contributed by atoms with van der Waals surface area (Å²) in [6.07, 6.45) is -1.75. The average Bonchev–Trinajstić information content (AvgIpc) is 2.75. The van der Waals surface area contributed by atoms with Crippen LogP contribution in [0.3, 0.4) is 0 Å². The van der Waals surface area contributed by atoms with Gasteiger partial charge < -0.3 is 19.0 Å². The van der Waals surface area contributed by atoms with Crippen LogP contribution >= 0.6 is 0 Å². The predicted molar refractivity (Wildman–Crippen MR) is 122 cm³/mol. The summed E-state index contributed by atoms with van der Waals surface area (Å²) in [4.78, 5) is 35.7. The number of benzene rings is 2. The molecule has 37 heavy (non-hydrogen) atoms. The summed E-state index contributed by atoms with van der Waals surface area (Å²) in [7, 11) is -6.08. The summed E-state index contributed by atoms with van der Waals surface area (Å²) in [6, 6.07) is 8.79. The standard InChI is InChI=1S/C22H23F3N2O9S/c1-21(2,3)35-20(29)26-17(19(28)34-13-14-7-5-4-6-8-14)12-15-11-16(9-10-18(15)27(30)31)36-37(32,33)22(23,24)25/h4-11,17H,12-13H2,1-3H3,(H,26,29). The maximum absolute atomic E-state index is 12.8. The zero-order valence-corrected chi connectivity index (χ0v) is 20.6. The molecule has 11 nitrogen and oxygen atoms in total. The molecule has 0 saturated heterocycles. The highest BCUT2D eigenvalue weighted by atomic mass is 32.2. The van der Waals surface area contributed by atoms with Crippen LogP contribution in [0.4, 0.5) is 23.7 Å². The van der Waals surface area contributed by atoms with Crippen molar-refractivity contribution < 1.29 is 49.8 Å². The summed E-state index contributed by atoms with van der Waals surface area (Å²) in [5.41, 5.74) is -7.24. The van der Waals surface area contributed by atoms with Gasteiger partial charge in [-0.05, 0) is 38.5 Å². The second kappa shape index (κ2) is 11.5. The lowest BCUT2D eigenvalue weighted by Crippen LogP contribution is -2.45. The zero-order chi connectivity index (χ0) is 28.0. The molecule has 202 valence electrons. The van der Waals surface area contributed by atoms with Crippen LogP contribution in [0.1, 0.15) is 31.9 Å². The van der Waals surface area contributed by atoms with Gasteiger partial charge in [-0.2, -0.15) is 21.6 Å². The second-order valence-electron chi connectivity index (χ2n) is 8.53. The molecule has 2 aromatic rings. The van der Waals surface area contributed by atoms with Crippen LogP contribution in [0.2, 0.25) is 0 Å². The summed E-state index contributed by atoms with van der Waals surface area (Å²) in [5.74, 6) is -1.94. The first-order valence-corrected chi connectivity index (χ1v) is 11.9. The molecular formula is C22H23F3N2O9S. The number of alkyl halides is 3. The third-order valence-corrected chi connectivity index (χ3v) is 5.34. The number of nitro groups is 1. The minimum Gasteiger partial charge on any atom is -0.459 e. The van der Waals surface area contributed by atoms with Gasteiger partial charge in [-0.15, -0.1) is 0 Å². The fourth-order valence-corrected chi connectivity index (χ4v) is 3.27. The Balaban J connectivity index is 2.38. The maximum atomic E-state index is 12.8. The molecule has 0 aliphatic heterocycles. The van der Waals surface area contributed by atoms with E-state index in [1.807, 2.05) is 0 Å². The van der Waals surface area contributed by atoms with Gasteiger partial charge in [-0.3, -0.25) is 10.1 Å². The summed E-state index contributed by atoms with van der Waals surface area (Å²) >= 11 is 0. The Morgan fingerprint density at radius 3 is 2.24 bits per heavy atom. The number of hydrogen-bond donors (Lipinski definition) is 1. The molecule has 0 saturated carbocycles. The molecular weight excluding hydrogens is 525 g/mol. The van der Waals surface area contributed by atoms with E-state index in [0.717, 1.165) is 0 Å². The van der Waals surface area contributed by atoms with Crippen molar-refractivity contribution in [2.24, 2.45) is 0 Å². The molecule has 0 radical (unpaired) electrons. The minimum atomic E-state index is -6.08. The SMILES string of the molecule is CC(C)(C)OC(=O)NC(Cc1cc(OS(=O)(=O)C(F)(F)F)ccc1[N+](=O)[O-])C(=O)OCc1ccccc1. The van der Waals surface area contributed by atoms with E-state index in [1.54, 1.807) is 51.1 Å². The van der Waals surface area contributed by atoms with E-state index in [1.165, 1.54) is 0 Å². The molecule has 2 aromatic carbocycles. The Kier molecular flexibility index (Phi) is 9.08. The van der Waals surface area contributed by atoms with Gasteiger partial charge in [0.2, 0.25) is 0 Å². The molecule has 0 fully saturated rings. The number of amides is 1. The molecule has 0 spiro atoms. The molecule has 1 unspecified atom stereocenters. The molecule has 1 amide bonds. The Morgan fingerprint density at radius 1 is 1.08 bits per heavy atom. The van der Waals surface area contributed by atoms with Gasteiger partial charge in [-0.25, -0.2) is 9.59 Å². The van der Waals surface area contributed by atoms with Gasteiger partial charge >= 0.3 is 27.7 Å². The van der Waals surface area contributed by atoms with E-state index >= 15 is 0 Å². The first-order chi connectivity index (χ1) is 17.0. The predicted octanol–water partition coefficient (Wildman–Crippen LogP) is 4.00. The van der Waals surface area contributed by atoms with Crippen LogP contribution < -0.4 is 9.50 Å². The van der Waals surface area contributed by atoms with Gasteiger partial charge in [0.25, 0.3) is 5.69 Å². The van der Waals surface area contributed by atoms with E-state index in [-0.39, 0.29) is 6.61 Å².